The Morgan fingerprint density at radius 1 is 1.18 bits per heavy atom. The fraction of sp³-hybridized carbons (Fsp3) is 0.296. The van der Waals surface area contributed by atoms with Gasteiger partial charge in [0.15, 0.2) is 0 Å². The summed E-state index contributed by atoms with van der Waals surface area (Å²) in [6, 6.07) is 16.3. The molecule has 0 unspecified atom stereocenters. The SMILES string of the molecule is Cc1cc(Nc2ncccc2C)cc([C@@H]2CCCN2C(=O)CCc2c[nH]c3ccccc23)n1. The van der Waals surface area contributed by atoms with Crippen molar-refractivity contribution >= 4 is 28.3 Å². The number of para-hydroxylation sites is 1. The number of pyridine rings is 2. The number of aromatic amines is 1. The summed E-state index contributed by atoms with van der Waals surface area (Å²) in [7, 11) is 0. The molecule has 0 spiro atoms. The summed E-state index contributed by atoms with van der Waals surface area (Å²) >= 11 is 0. The van der Waals surface area contributed by atoms with E-state index < -0.39 is 0 Å². The number of rotatable bonds is 6. The molecule has 1 aromatic carbocycles. The number of hydrogen-bond acceptors (Lipinski definition) is 4. The van der Waals surface area contributed by atoms with Crippen molar-refractivity contribution in [3.8, 4) is 0 Å². The molecule has 33 heavy (non-hydrogen) atoms. The molecule has 1 saturated heterocycles. The van der Waals surface area contributed by atoms with E-state index in [0.29, 0.717) is 6.42 Å². The first-order chi connectivity index (χ1) is 16.1. The Morgan fingerprint density at radius 3 is 2.94 bits per heavy atom. The number of benzene rings is 1. The van der Waals surface area contributed by atoms with Crippen LogP contribution in [0.4, 0.5) is 11.5 Å². The Morgan fingerprint density at radius 2 is 2.06 bits per heavy atom. The summed E-state index contributed by atoms with van der Waals surface area (Å²) in [6.07, 6.45) is 6.99. The molecule has 3 aromatic heterocycles. The maximum atomic E-state index is 13.2. The van der Waals surface area contributed by atoms with Crippen LogP contribution in [0.5, 0.6) is 0 Å². The lowest BCUT2D eigenvalue weighted by molar-refractivity contribution is -0.132. The minimum Gasteiger partial charge on any atom is -0.361 e. The molecule has 1 amide bonds. The first kappa shape index (κ1) is 21.2. The fourth-order valence-corrected chi connectivity index (χ4v) is 4.79. The summed E-state index contributed by atoms with van der Waals surface area (Å²) in [5.41, 5.74) is 6.23. The number of likely N-dealkylation sites (tertiary alicyclic amines) is 1. The highest BCUT2D eigenvalue weighted by molar-refractivity contribution is 5.84. The zero-order valence-corrected chi connectivity index (χ0v) is 19.1. The Bertz CT molecular complexity index is 1290. The van der Waals surface area contributed by atoms with Crippen LogP contribution in [0.2, 0.25) is 0 Å². The molecule has 0 aliphatic carbocycles. The molecule has 4 aromatic rings. The predicted molar refractivity (Wildman–Crippen MR) is 132 cm³/mol. The molecule has 4 heterocycles. The largest absolute Gasteiger partial charge is 0.361 e. The lowest BCUT2D eigenvalue weighted by atomic mass is 10.1. The number of carbonyl (C=O) groups excluding carboxylic acids is 1. The third kappa shape index (κ3) is 4.46. The topological polar surface area (TPSA) is 73.9 Å². The number of hydrogen-bond donors (Lipinski definition) is 2. The first-order valence-corrected chi connectivity index (χ1v) is 11.6. The molecule has 1 aliphatic heterocycles. The van der Waals surface area contributed by atoms with E-state index in [2.05, 4.69) is 33.5 Å². The van der Waals surface area contributed by atoms with Crippen LogP contribution < -0.4 is 5.32 Å². The second-order valence-corrected chi connectivity index (χ2v) is 8.82. The third-order valence-corrected chi connectivity index (χ3v) is 6.44. The van der Waals surface area contributed by atoms with Crippen LogP contribution in [-0.2, 0) is 11.2 Å². The van der Waals surface area contributed by atoms with Crippen LogP contribution in [0.15, 0.2) is 60.9 Å². The minimum atomic E-state index is 0.0192. The molecule has 2 N–H and O–H groups in total. The number of carbonyl (C=O) groups is 1. The molecule has 6 heteroatoms. The monoisotopic (exact) mass is 439 g/mol. The fourth-order valence-electron chi connectivity index (χ4n) is 4.79. The van der Waals surface area contributed by atoms with Crippen molar-refractivity contribution in [2.75, 3.05) is 11.9 Å². The third-order valence-electron chi connectivity index (χ3n) is 6.44. The molecule has 0 bridgehead atoms. The van der Waals surface area contributed by atoms with Gasteiger partial charge in [-0.25, -0.2) is 4.98 Å². The van der Waals surface area contributed by atoms with Gasteiger partial charge in [0.25, 0.3) is 0 Å². The second kappa shape index (κ2) is 9.06. The van der Waals surface area contributed by atoms with Crippen LogP contribution in [0, 0.1) is 13.8 Å². The zero-order valence-electron chi connectivity index (χ0n) is 19.1. The van der Waals surface area contributed by atoms with Gasteiger partial charge < -0.3 is 15.2 Å². The van der Waals surface area contributed by atoms with Gasteiger partial charge in [-0.2, -0.15) is 0 Å². The highest BCUT2D eigenvalue weighted by Gasteiger charge is 2.31. The number of anilines is 2. The van der Waals surface area contributed by atoms with Gasteiger partial charge in [0, 0.05) is 47.6 Å². The van der Waals surface area contributed by atoms with Crippen LogP contribution >= 0.6 is 0 Å². The Hall–Kier alpha value is -3.67. The predicted octanol–water partition coefficient (Wildman–Crippen LogP) is 5.61. The molecule has 168 valence electrons. The molecule has 0 saturated carbocycles. The van der Waals surface area contributed by atoms with Gasteiger partial charge in [0.2, 0.25) is 5.91 Å². The van der Waals surface area contributed by atoms with Crippen LogP contribution in [0.25, 0.3) is 10.9 Å². The number of fused-ring (bicyclic) bond motifs is 1. The summed E-state index contributed by atoms with van der Waals surface area (Å²) in [5, 5.41) is 4.62. The Balaban J connectivity index is 1.32. The van der Waals surface area contributed by atoms with Gasteiger partial charge in [0.1, 0.15) is 5.82 Å². The second-order valence-electron chi connectivity index (χ2n) is 8.82. The van der Waals surface area contributed by atoms with Crippen LogP contribution in [-0.4, -0.2) is 32.3 Å². The molecular weight excluding hydrogens is 410 g/mol. The average Bonchev–Trinajstić information content (AvgIpc) is 3.46. The highest BCUT2D eigenvalue weighted by atomic mass is 16.2. The van der Waals surface area contributed by atoms with E-state index in [4.69, 9.17) is 4.98 Å². The number of amides is 1. The highest BCUT2D eigenvalue weighted by Crippen LogP contribution is 2.34. The quantitative estimate of drug-likeness (QED) is 0.409. The van der Waals surface area contributed by atoms with E-state index in [1.165, 1.54) is 10.9 Å². The van der Waals surface area contributed by atoms with Gasteiger partial charge in [-0.3, -0.25) is 9.78 Å². The minimum absolute atomic E-state index is 0.0192. The van der Waals surface area contributed by atoms with Crippen LogP contribution in [0.3, 0.4) is 0 Å². The Kier molecular flexibility index (Phi) is 5.82. The number of aromatic nitrogens is 3. The number of nitrogens with zero attached hydrogens (tertiary/aromatic N) is 3. The maximum absolute atomic E-state index is 13.2. The standard InChI is InChI=1S/C27H29N5O/c1-18-7-5-13-28-27(18)31-21-15-19(2)30-24(16-21)25-10-6-14-32(25)26(33)12-11-20-17-29-23-9-4-3-8-22(20)23/h3-5,7-9,13,15-17,25,29H,6,10-12,14H2,1-2H3,(H,28,30,31)/t25-/m0/s1. The van der Waals surface area contributed by atoms with E-state index >= 15 is 0 Å². The van der Waals surface area contributed by atoms with Gasteiger partial charge in [-0.15, -0.1) is 0 Å². The first-order valence-electron chi connectivity index (χ1n) is 11.6. The van der Waals surface area contributed by atoms with E-state index in [9.17, 15) is 4.79 Å². The molecule has 1 aliphatic rings. The molecule has 1 fully saturated rings. The summed E-state index contributed by atoms with van der Waals surface area (Å²) in [5.74, 6) is 1.04. The van der Waals surface area contributed by atoms with E-state index in [-0.39, 0.29) is 11.9 Å². The van der Waals surface area contributed by atoms with Crippen LogP contribution in [0.1, 0.15) is 47.8 Å². The summed E-state index contributed by atoms with van der Waals surface area (Å²) in [6.45, 7) is 4.82. The van der Waals surface area contributed by atoms with Gasteiger partial charge in [-0.1, -0.05) is 24.3 Å². The van der Waals surface area contributed by atoms with Gasteiger partial charge in [0.05, 0.1) is 11.7 Å². The van der Waals surface area contributed by atoms with Crippen molar-refractivity contribution in [1.82, 2.24) is 19.9 Å². The van der Waals surface area contributed by atoms with Crippen molar-refractivity contribution in [3.05, 3.63) is 83.4 Å². The van der Waals surface area contributed by atoms with E-state index in [0.717, 1.165) is 59.8 Å². The Labute approximate surface area is 194 Å². The lowest BCUT2D eigenvalue weighted by Crippen LogP contribution is -2.31. The molecule has 6 nitrogen and oxygen atoms in total. The molecular formula is C27H29N5O. The number of H-pyrrole nitrogens is 1. The van der Waals surface area contributed by atoms with Gasteiger partial charge >= 0.3 is 0 Å². The smallest absolute Gasteiger partial charge is 0.223 e. The average molecular weight is 440 g/mol. The normalized spacial score (nSPS) is 15.8. The molecule has 1 atom stereocenters. The van der Waals surface area contributed by atoms with Crippen molar-refractivity contribution in [3.63, 3.8) is 0 Å². The molecule has 0 radical (unpaired) electrons. The summed E-state index contributed by atoms with van der Waals surface area (Å²) < 4.78 is 0. The van der Waals surface area contributed by atoms with E-state index in [1.807, 2.05) is 55.3 Å². The van der Waals surface area contributed by atoms with Crippen molar-refractivity contribution in [1.29, 1.82) is 0 Å². The number of aryl methyl sites for hydroxylation is 3. The number of nitrogens with one attached hydrogen (secondary N) is 2. The summed E-state index contributed by atoms with van der Waals surface area (Å²) in [4.78, 5) is 27.8. The molecule has 5 rings (SSSR count). The maximum Gasteiger partial charge on any atom is 0.223 e. The van der Waals surface area contributed by atoms with Crippen molar-refractivity contribution in [2.45, 2.75) is 45.6 Å². The lowest BCUT2D eigenvalue weighted by Gasteiger charge is -2.25. The van der Waals surface area contributed by atoms with Gasteiger partial charge in [-0.05, 0) is 68.5 Å². The van der Waals surface area contributed by atoms with E-state index in [1.54, 1.807) is 6.20 Å². The van der Waals surface area contributed by atoms with Crippen molar-refractivity contribution < 1.29 is 4.79 Å². The van der Waals surface area contributed by atoms with Crippen molar-refractivity contribution in [2.24, 2.45) is 0 Å². The zero-order chi connectivity index (χ0) is 22.8.